The summed E-state index contributed by atoms with van der Waals surface area (Å²) in [5, 5.41) is 4.30. The third-order valence-corrected chi connectivity index (χ3v) is 4.44. The Morgan fingerprint density at radius 1 is 1.44 bits per heavy atom. The second kappa shape index (κ2) is 5.00. The highest BCUT2D eigenvalue weighted by Crippen LogP contribution is 2.36. The maximum atomic E-state index is 6.59. The van der Waals surface area contributed by atoms with Crippen LogP contribution in [0.1, 0.15) is 58.8 Å². The van der Waals surface area contributed by atoms with Crippen molar-refractivity contribution in [2.75, 3.05) is 0 Å². The molecule has 0 saturated heterocycles. The van der Waals surface area contributed by atoms with Crippen LogP contribution in [-0.2, 0) is 6.42 Å². The van der Waals surface area contributed by atoms with Crippen LogP contribution in [0.15, 0.2) is 6.33 Å². The van der Waals surface area contributed by atoms with Crippen LogP contribution in [0.4, 0.5) is 0 Å². The predicted molar refractivity (Wildman–Crippen MR) is 73.2 cm³/mol. The van der Waals surface area contributed by atoms with Crippen molar-refractivity contribution in [3.63, 3.8) is 0 Å². The number of nitrogens with two attached hydrogens (primary N) is 1. The van der Waals surface area contributed by atoms with Gasteiger partial charge in [-0.25, -0.2) is 9.67 Å². The first kappa shape index (κ1) is 13.5. The minimum atomic E-state index is -0.0917. The molecule has 1 aromatic heterocycles. The van der Waals surface area contributed by atoms with Crippen molar-refractivity contribution >= 4 is 0 Å². The van der Waals surface area contributed by atoms with E-state index in [1.54, 1.807) is 6.33 Å². The zero-order valence-corrected chi connectivity index (χ0v) is 12.1. The fourth-order valence-corrected chi connectivity index (χ4v) is 3.05. The topological polar surface area (TPSA) is 56.7 Å². The second-order valence-electron chi connectivity index (χ2n) is 6.45. The van der Waals surface area contributed by atoms with Crippen LogP contribution in [0.3, 0.4) is 0 Å². The first-order valence-electron chi connectivity index (χ1n) is 7.08. The van der Waals surface area contributed by atoms with Gasteiger partial charge in [-0.2, -0.15) is 5.10 Å². The molecule has 18 heavy (non-hydrogen) atoms. The molecule has 1 aliphatic carbocycles. The molecule has 4 heteroatoms. The number of rotatable bonds is 3. The number of aromatic nitrogens is 3. The molecule has 1 fully saturated rings. The lowest BCUT2D eigenvalue weighted by Gasteiger charge is -2.40. The summed E-state index contributed by atoms with van der Waals surface area (Å²) in [6.45, 7) is 8.92. The largest absolute Gasteiger partial charge is 0.325 e. The zero-order chi connectivity index (χ0) is 13.3. The standard InChI is InChI=1S/C14H26N4/c1-10(2)18-13(16-9-17-18)8-14(15)6-5-11(3)12(4)7-14/h9-12H,5-8,15H2,1-4H3. The van der Waals surface area contributed by atoms with Crippen molar-refractivity contribution in [1.82, 2.24) is 14.8 Å². The summed E-state index contributed by atoms with van der Waals surface area (Å²) < 4.78 is 2.00. The molecule has 3 atom stereocenters. The first-order chi connectivity index (χ1) is 8.41. The molecule has 0 aromatic carbocycles. The summed E-state index contributed by atoms with van der Waals surface area (Å²) in [4.78, 5) is 4.39. The smallest absolute Gasteiger partial charge is 0.138 e. The van der Waals surface area contributed by atoms with Crippen molar-refractivity contribution in [3.8, 4) is 0 Å². The van der Waals surface area contributed by atoms with Gasteiger partial charge in [0.25, 0.3) is 0 Å². The fourth-order valence-electron chi connectivity index (χ4n) is 3.05. The lowest BCUT2D eigenvalue weighted by molar-refractivity contribution is 0.172. The summed E-state index contributed by atoms with van der Waals surface area (Å²) >= 11 is 0. The number of hydrogen-bond acceptors (Lipinski definition) is 3. The number of nitrogens with zero attached hydrogens (tertiary/aromatic N) is 3. The Morgan fingerprint density at radius 3 is 2.78 bits per heavy atom. The van der Waals surface area contributed by atoms with Gasteiger partial charge in [-0.05, 0) is 44.9 Å². The Morgan fingerprint density at radius 2 is 2.17 bits per heavy atom. The molecule has 3 unspecified atom stereocenters. The second-order valence-corrected chi connectivity index (χ2v) is 6.45. The highest BCUT2D eigenvalue weighted by atomic mass is 15.3. The SMILES string of the molecule is CC1CCC(N)(Cc2ncnn2C(C)C)CC1C. The molecule has 2 N–H and O–H groups in total. The first-order valence-corrected chi connectivity index (χ1v) is 7.08. The van der Waals surface area contributed by atoms with Crippen molar-refractivity contribution in [2.24, 2.45) is 17.6 Å². The molecule has 0 aliphatic heterocycles. The van der Waals surface area contributed by atoms with E-state index in [0.29, 0.717) is 12.0 Å². The molecule has 4 nitrogen and oxygen atoms in total. The van der Waals surface area contributed by atoms with Crippen molar-refractivity contribution in [3.05, 3.63) is 12.2 Å². The van der Waals surface area contributed by atoms with Gasteiger partial charge in [0.2, 0.25) is 0 Å². The maximum absolute atomic E-state index is 6.59. The normalized spacial score (nSPS) is 33.0. The molecule has 0 bridgehead atoms. The van der Waals surface area contributed by atoms with E-state index in [4.69, 9.17) is 5.73 Å². The van der Waals surface area contributed by atoms with Gasteiger partial charge in [0, 0.05) is 18.0 Å². The van der Waals surface area contributed by atoms with Gasteiger partial charge in [0.05, 0.1) is 0 Å². The zero-order valence-electron chi connectivity index (χ0n) is 12.1. The van der Waals surface area contributed by atoms with E-state index in [9.17, 15) is 0 Å². The maximum Gasteiger partial charge on any atom is 0.138 e. The lowest BCUT2D eigenvalue weighted by Crippen LogP contribution is -2.48. The Bertz CT molecular complexity index is 398. The van der Waals surface area contributed by atoms with Crippen LogP contribution in [0.2, 0.25) is 0 Å². The molecule has 1 heterocycles. The molecular formula is C14H26N4. The average molecular weight is 250 g/mol. The molecule has 2 rings (SSSR count). The van der Waals surface area contributed by atoms with Crippen molar-refractivity contribution in [2.45, 2.75) is 65.0 Å². The van der Waals surface area contributed by atoms with Gasteiger partial charge in [-0.1, -0.05) is 13.8 Å². The van der Waals surface area contributed by atoms with Crippen LogP contribution in [-0.4, -0.2) is 20.3 Å². The molecule has 0 amide bonds. The third kappa shape index (κ3) is 2.74. The highest BCUT2D eigenvalue weighted by Gasteiger charge is 2.35. The van der Waals surface area contributed by atoms with Gasteiger partial charge in [-0.3, -0.25) is 0 Å². The summed E-state index contributed by atoms with van der Waals surface area (Å²) in [5.41, 5.74) is 6.50. The van der Waals surface area contributed by atoms with E-state index in [1.165, 1.54) is 6.42 Å². The van der Waals surface area contributed by atoms with Gasteiger partial charge >= 0.3 is 0 Å². The monoisotopic (exact) mass is 250 g/mol. The van der Waals surface area contributed by atoms with E-state index in [0.717, 1.165) is 31.0 Å². The van der Waals surface area contributed by atoms with Gasteiger partial charge in [0.1, 0.15) is 12.2 Å². The Labute approximate surface area is 110 Å². The minimum Gasteiger partial charge on any atom is -0.325 e. The van der Waals surface area contributed by atoms with E-state index >= 15 is 0 Å². The minimum absolute atomic E-state index is 0.0917. The Kier molecular flexibility index (Phi) is 3.76. The molecule has 1 saturated carbocycles. The molecule has 102 valence electrons. The Balaban J connectivity index is 2.10. The molecular weight excluding hydrogens is 224 g/mol. The molecule has 0 radical (unpaired) electrons. The summed E-state index contributed by atoms with van der Waals surface area (Å²) in [6.07, 6.45) is 5.92. The summed E-state index contributed by atoms with van der Waals surface area (Å²) in [5.74, 6) is 2.54. The average Bonchev–Trinajstić information content (AvgIpc) is 2.72. The highest BCUT2D eigenvalue weighted by molar-refractivity contribution is 5.01. The quantitative estimate of drug-likeness (QED) is 0.897. The van der Waals surface area contributed by atoms with Gasteiger partial charge in [0.15, 0.2) is 0 Å². The van der Waals surface area contributed by atoms with Crippen molar-refractivity contribution in [1.29, 1.82) is 0 Å². The van der Waals surface area contributed by atoms with Crippen molar-refractivity contribution < 1.29 is 0 Å². The van der Waals surface area contributed by atoms with Crippen LogP contribution >= 0.6 is 0 Å². The molecule has 1 aliphatic rings. The van der Waals surface area contributed by atoms with Crippen LogP contribution < -0.4 is 5.73 Å². The van der Waals surface area contributed by atoms with Gasteiger partial charge in [-0.15, -0.1) is 0 Å². The van der Waals surface area contributed by atoms with Crippen LogP contribution in [0.25, 0.3) is 0 Å². The summed E-state index contributed by atoms with van der Waals surface area (Å²) in [7, 11) is 0. The lowest BCUT2D eigenvalue weighted by atomic mass is 9.70. The Hall–Kier alpha value is -0.900. The van der Waals surface area contributed by atoms with E-state index in [2.05, 4.69) is 37.8 Å². The van der Waals surface area contributed by atoms with Gasteiger partial charge < -0.3 is 5.73 Å². The fraction of sp³-hybridized carbons (Fsp3) is 0.857. The summed E-state index contributed by atoms with van der Waals surface area (Å²) in [6, 6.07) is 0.353. The van der Waals surface area contributed by atoms with E-state index < -0.39 is 0 Å². The van der Waals surface area contributed by atoms with E-state index in [-0.39, 0.29) is 5.54 Å². The van der Waals surface area contributed by atoms with Crippen LogP contribution in [0, 0.1) is 11.8 Å². The third-order valence-electron chi connectivity index (χ3n) is 4.44. The molecule has 1 aromatic rings. The number of hydrogen-bond donors (Lipinski definition) is 1. The predicted octanol–water partition coefficient (Wildman–Crippen LogP) is 2.56. The molecule has 0 spiro atoms. The van der Waals surface area contributed by atoms with Crippen LogP contribution in [0.5, 0.6) is 0 Å². The van der Waals surface area contributed by atoms with E-state index in [1.807, 2.05) is 4.68 Å².